The van der Waals surface area contributed by atoms with E-state index in [0.29, 0.717) is 6.10 Å². The van der Waals surface area contributed by atoms with Crippen molar-refractivity contribution in [3.63, 3.8) is 0 Å². The fourth-order valence-corrected chi connectivity index (χ4v) is 3.33. The van der Waals surface area contributed by atoms with Crippen molar-refractivity contribution in [2.45, 2.75) is 45.9 Å². The van der Waals surface area contributed by atoms with Gasteiger partial charge in [-0.1, -0.05) is 55.5 Å². The summed E-state index contributed by atoms with van der Waals surface area (Å²) in [6, 6.07) is 17.4. The highest BCUT2D eigenvalue weighted by molar-refractivity contribution is 5.30. The Balaban J connectivity index is 1.48. The van der Waals surface area contributed by atoms with Crippen LogP contribution in [0.15, 0.2) is 48.5 Å². The van der Waals surface area contributed by atoms with Crippen LogP contribution in [0.5, 0.6) is 0 Å². The van der Waals surface area contributed by atoms with Gasteiger partial charge in [-0.2, -0.15) is 0 Å². The smallest absolute Gasteiger partial charge is 0.0721 e. The molecule has 2 nitrogen and oxygen atoms in total. The molecule has 1 fully saturated rings. The van der Waals surface area contributed by atoms with Crippen LogP contribution in [0.2, 0.25) is 0 Å². The summed E-state index contributed by atoms with van der Waals surface area (Å²) < 4.78 is 6.15. The van der Waals surface area contributed by atoms with Gasteiger partial charge < -0.3 is 4.74 Å². The SMILES string of the molecule is CCc1cc(COC2CCN(Cc3ccccc3)C2)ccc1C. The summed E-state index contributed by atoms with van der Waals surface area (Å²) in [6.07, 6.45) is 2.60. The molecule has 0 spiro atoms. The standard InChI is InChI=1S/C21H27NO/c1-3-20-13-19(10-9-17(20)2)16-23-21-11-12-22(15-21)14-18-7-5-4-6-8-18/h4-10,13,21H,3,11-12,14-16H2,1-2H3. The molecule has 1 atom stereocenters. The fraction of sp³-hybridized carbons (Fsp3) is 0.429. The maximum Gasteiger partial charge on any atom is 0.0721 e. The zero-order valence-electron chi connectivity index (χ0n) is 14.3. The first-order chi connectivity index (χ1) is 11.2. The van der Waals surface area contributed by atoms with Gasteiger partial charge in [0.05, 0.1) is 12.7 Å². The maximum atomic E-state index is 6.15. The predicted octanol–water partition coefficient (Wildman–Crippen LogP) is 4.35. The lowest BCUT2D eigenvalue weighted by atomic mass is 10.0. The van der Waals surface area contributed by atoms with Crippen molar-refractivity contribution in [1.29, 1.82) is 0 Å². The molecule has 0 aliphatic carbocycles. The summed E-state index contributed by atoms with van der Waals surface area (Å²) >= 11 is 0. The van der Waals surface area contributed by atoms with E-state index >= 15 is 0 Å². The molecular formula is C21H27NO. The van der Waals surface area contributed by atoms with Gasteiger partial charge in [0, 0.05) is 19.6 Å². The van der Waals surface area contributed by atoms with E-state index < -0.39 is 0 Å². The quantitative estimate of drug-likeness (QED) is 0.786. The highest BCUT2D eigenvalue weighted by Gasteiger charge is 2.22. The number of aryl methyl sites for hydroxylation is 2. The zero-order valence-corrected chi connectivity index (χ0v) is 14.3. The molecule has 0 saturated carbocycles. The van der Waals surface area contributed by atoms with Crippen molar-refractivity contribution in [3.05, 3.63) is 70.8 Å². The largest absolute Gasteiger partial charge is 0.372 e. The zero-order chi connectivity index (χ0) is 16.1. The third-order valence-corrected chi connectivity index (χ3v) is 4.76. The van der Waals surface area contributed by atoms with E-state index in [0.717, 1.165) is 39.1 Å². The molecule has 2 aromatic rings. The molecule has 0 bridgehead atoms. The van der Waals surface area contributed by atoms with E-state index in [-0.39, 0.29) is 0 Å². The van der Waals surface area contributed by atoms with Crippen LogP contribution < -0.4 is 0 Å². The molecule has 0 aromatic heterocycles. The average molecular weight is 309 g/mol. The lowest BCUT2D eigenvalue weighted by Crippen LogP contribution is -2.23. The van der Waals surface area contributed by atoms with Crippen molar-refractivity contribution in [3.8, 4) is 0 Å². The molecule has 122 valence electrons. The molecule has 1 aliphatic heterocycles. The minimum absolute atomic E-state index is 0.366. The minimum Gasteiger partial charge on any atom is -0.372 e. The van der Waals surface area contributed by atoms with Crippen LogP contribution in [0.4, 0.5) is 0 Å². The topological polar surface area (TPSA) is 12.5 Å². The first-order valence-electron chi connectivity index (χ1n) is 8.71. The van der Waals surface area contributed by atoms with E-state index in [1.807, 2.05) is 0 Å². The summed E-state index contributed by atoms with van der Waals surface area (Å²) in [6.45, 7) is 8.34. The lowest BCUT2D eigenvalue weighted by Gasteiger charge is -2.16. The van der Waals surface area contributed by atoms with Crippen LogP contribution in [0.3, 0.4) is 0 Å². The highest BCUT2D eigenvalue weighted by Crippen LogP contribution is 2.18. The van der Waals surface area contributed by atoms with Crippen LogP contribution in [0, 0.1) is 6.92 Å². The first kappa shape index (κ1) is 16.2. The Morgan fingerprint density at radius 2 is 1.91 bits per heavy atom. The summed E-state index contributed by atoms with van der Waals surface area (Å²) in [5.74, 6) is 0. The van der Waals surface area contributed by atoms with Crippen molar-refractivity contribution in [1.82, 2.24) is 4.90 Å². The summed E-state index contributed by atoms with van der Waals surface area (Å²) in [5.41, 5.74) is 5.50. The number of rotatable bonds is 6. The number of benzene rings is 2. The van der Waals surface area contributed by atoms with E-state index in [1.165, 1.54) is 22.3 Å². The van der Waals surface area contributed by atoms with Gasteiger partial charge >= 0.3 is 0 Å². The Morgan fingerprint density at radius 1 is 1.09 bits per heavy atom. The van der Waals surface area contributed by atoms with Gasteiger partial charge in [0.1, 0.15) is 0 Å². The third kappa shape index (κ3) is 4.43. The highest BCUT2D eigenvalue weighted by atomic mass is 16.5. The summed E-state index contributed by atoms with van der Waals surface area (Å²) in [4.78, 5) is 2.49. The molecular weight excluding hydrogens is 282 g/mol. The van der Waals surface area contributed by atoms with Crippen LogP contribution in [-0.2, 0) is 24.3 Å². The molecule has 2 heteroatoms. The average Bonchev–Trinajstić information content (AvgIpc) is 3.02. The van der Waals surface area contributed by atoms with Crippen molar-refractivity contribution in [2.24, 2.45) is 0 Å². The fourth-order valence-electron chi connectivity index (χ4n) is 3.33. The Morgan fingerprint density at radius 3 is 2.70 bits per heavy atom. The number of hydrogen-bond acceptors (Lipinski definition) is 2. The van der Waals surface area contributed by atoms with Crippen LogP contribution in [0.25, 0.3) is 0 Å². The number of nitrogens with zero attached hydrogens (tertiary/aromatic N) is 1. The number of likely N-dealkylation sites (tertiary alicyclic amines) is 1. The molecule has 0 amide bonds. The van der Waals surface area contributed by atoms with E-state index in [4.69, 9.17) is 4.74 Å². The molecule has 1 aliphatic rings. The van der Waals surface area contributed by atoms with Crippen LogP contribution >= 0.6 is 0 Å². The van der Waals surface area contributed by atoms with E-state index in [1.54, 1.807) is 0 Å². The van der Waals surface area contributed by atoms with Gasteiger partial charge in [0.25, 0.3) is 0 Å². The third-order valence-electron chi connectivity index (χ3n) is 4.76. The minimum atomic E-state index is 0.366. The van der Waals surface area contributed by atoms with Gasteiger partial charge in [-0.15, -0.1) is 0 Å². The van der Waals surface area contributed by atoms with Gasteiger partial charge in [-0.05, 0) is 42.0 Å². The second-order valence-corrected chi connectivity index (χ2v) is 6.56. The summed E-state index contributed by atoms with van der Waals surface area (Å²) in [7, 11) is 0. The maximum absolute atomic E-state index is 6.15. The molecule has 23 heavy (non-hydrogen) atoms. The Kier molecular flexibility index (Phi) is 5.47. The monoisotopic (exact) mass is 309 g/mol. The molecule has 0 radical (unpaired) electrons. The molecule has 1 heterocycles. The molecule has 0 N–H and O–H groups in total. The Hall–Kier alpha value is -1.64. The number of hydrogen-bond donors (Lipinski definition) is 0. The van der Waals surface area contributed by atoms with Crippen molar-refractivity contribution < 1.29 is 4.74 Å². The Labute approximate surface area is 140 Å². The van der Waals surface area contributed by atoms with Gasteiger partial charge in [-0.3, -0.25) is 4.90 Å². The lowest BCUT2D eigenvalue weighted by molar-refractivity contribution is 0.0461. The van der Waals surface area contributed by atoms with Crippen LogP contribution in [0.1, 0.15) is 35.6 Å². The van der Waals surface area contributed by atoms with Gasteiger partial charge in [0.15, 0.2) is 0 Å². The molecule has 3 rings (SSSR count). The second kappa shape index (κ2) is 7.76. The molecule has 1 saturated heterocycles. The summed E-state index contributed by atoms with van der Waals surface area (Å²) in [5, 5.41) is 0. The molecule has 1 unspecified atom stereocenters. The van der Waals surface area contributed by atoms with Crippen molar-refractivity contribution in [2.75, 3.05) is 13.1 Å². The van der Waals surface area contributed by atoms with Gasteiger partial charge in [0.2, 0.25) is 0 Å². The number of ether oxygens (including phenoxy) is 1. The Bertz CT molecular complexity index is 623. The van der Waals surface area contributed by atoms with E-state index in [9.17, 15) is 0 Å². The molecule has 2 aromatic carbocycles. The predicted molar refractivity (Wildman–Crippen MR) is 95.5 cm³/mol. The normalized spacial score (nSPS) is 18.4. The van der Waals surface area contributed by atoms with Crippen molar-refractivity contribution >= 4 is 0 Å². The first-order valence-corrected chi connectivity index (χ1v) is 8.71. The van der Waals surface area contributed by atoms with E-state index in [2.05, 4.69) is 67.3 Å². The second-order valence-electron chi connectivity index (χ2n) is 6.56. The van der Waals surface area contributed by atoms with Gasteiger partial charge in [-0.25, -0.2) is 0 Å². The van der Waals surface area contributed by atoms with Crippen LogP contribution in [-0.4, -0.2) is 24.1 Å².